The average Bonchev–Trinajstić information content (AvgIpc) is 3.09. The molecule has 3 heterocycles. The maximum absolute atomic E-state index is 12.6. The van der Waals surface area contributed by atoms with E-state index in [-0.39, 0.29) is 17.1 Å². The van der Waals surface area contributed by atoms with Crippen molar-refractivity contribution in [1.29, 1.82) is 0 Å². The van der Waals surface area contributed by atoms with Crippen molar-refractivity contribution in [2.75, 3.05) is 23.7 Å². The van der Waals surface area contributed by atoms with Gasteiger partial charge < -0.3 is 5.32 Å². The number of aromatic nitrogens is 1. The molecule has 1 fully saturated rings. The van der Waals surface area contributed by atoms with Crippen molar-refractivity contribution in [2.24, 2.45) is 5.92 Å². The Bertz CT molecular complexity index is 898. The van der Waals surface area contributed by atoms with Gasteiger partial charge in [-0.05, 0) is 50.4 Å². The van der Waals surface area contributed by atoms with Gasteiger partial charge in [0, 0.05) is 28.9 Å². The zero-order chi connectivity index (χ0) is 19.7. The highest BCUT2D eigenvalue weighted by molar-refractivity contribution is 8.00. The molecule has 148 valence electrons. The third-order valence-electron chi connectivity index (χ3n) is 5.07. The molecule has 1 saturated heterocycles. The van der Waals surface area contributed by atoms with Gasteiger partial charge in [0.05, 0.1) is 16.6 Å². The molecule has 28 heavy (non-hydrogen) atoms. The minimum atomic E-state index is -0.215. The molecule has 4 rings (SSSR count). The minimum Gasteiger partial charge on any atom is -0.324 e. The molecule has 2 atom stereocenters. The lowest BCUT2D eigenvalue weighted by molar-refractivity contribution is -0.115. The number of nitrogens with zero attached hydrogens (tertiary/aromatic N) is 2. The molecule has 0 aliphatic carbocycles. The highest BCUT2D eigenvalue weighted by Crippen LogP contribution is 2.36. The Labute approximate surface area is 173 Å². The smallest absolute Gasteiger partial charge is 0.257 e. The number of likely N-dealkylation sites (tertiary alicyclic amines) is 1. The lowest BCUT2D eigenvalue weighted by atomic mass is 10.0. The first kappa shape index (κ1) is 19.4. The van der Waals surface area contributed by atoms with Crippen LogP contribution in [0.1, 0.15) is 42.7 Å². The zero-order valence-corrected chi connectivity index (χ0v) is 17.7. The molecule has 2 aliphatic heterocycles. The van der Waals surface area contributed by atoms with E-state index in [0.29, 0.717) is 16.4 Å². The summed E-state index contributed by atoms with van der Waals surface area (Å²) in [6.07, 6.45) is 2.54. The predicted molar refractivity (Wildman–Crippen MR) is 114 cm³/mol. The number of nitrogens with one attached hydrogen (secondary N) is 2. The van der Waals surface area contributed by atoms with E-state index < -0.39 is 0 Å². The number of fused-ring (bicyclic) bond motifs is 1. The molecular formula is C20H24N4O2S2. The van der Waals surface area contributed by atoms with Gasteiger partial charge in [-0.1, -0.05) is 6.92 Å². The number of rotatable bonds is 4. The Morgan fingerprint density at radius 3 is 3.07 bits per heavy atom. The monoisotopic (exact) mass is 416 g/mol. The summed E-state index contributed by atoms with van der Waals surface area (Å²) in [5.41, 5.74) is 2.20. The van der Waals surface area contributed by atoms with E-state index in [2.05, 4.69) is 27.4 Å². The fraction of sp³-hybridized carbons (Fsp3) is 0.450. The summed E-state index contributed by atoms with van der Waals surface area (Å²) in [5, 5.41) is 8.24. The van der Waals surface area contributed by atoms with Crippen molar-refractivity contribution in [2.45, 2.75) is 43.4 Å². The molecule has 8 heteroatoms. The SMILES string of the molecule is CC1CCCN(Cc2csc(NC(=O)c3ccc4c(c3)NC(=O)C(C)S4)n2)C1. The summed E-state index contributed by atoms with van der Waals surface area (Å²) < 4.78 is 0. The third-order valence-corrected chi connectivity index (χ3v) is 7.06. The summed E-state index contributed by atoms with van der Waals surface area (Å²) in [7, 11) is 0. The van der Waals surface area contributed by atoms with Gasteiger partial charge in [0.25, 0.3) is 5.91 Å². The standard InChI is InChI=1S/C20H24N4O2S2/c1-12-4-3-7-24(9-12)10-15-11-27-20(21-15)23-19(26)14-5-6-17-16(8-14)22-18(25)13(2)28-17/h5-6,8,11-13H,3-4,7,9-10H2,1-2H3,(H,22,25)(H,21,23,26). The van der Waals surface area contributed by atoms with Gasteiger partial charge in [-0.3, -0.25) is 19.8 Å². The third kappa shape index (κ3) is 4.39. The summed E-state index contributed by atoms with van der Waals surface area (Å²) in [6.45, 7) is 7.21. The molecule has 1 aromatic carbocycles. The Hall–Kier alpha value is -1.90. The van der Waals surface area contributed by atoms with Gasteiger partial charge >= 0.3 is 0 Å². The van der Waals surface area contributed by atoms with E-state index in [1.165, 1.54) is 35.9 Å². The fourth-order valence-electron chi connectivity index (χ4n) is 3.62. The minimum absolute atomic E-state index is 0.0355. The first-order chi connectivity index (χ1) is 13.5. The van der Waals surface area contributed by atoms with E-state index in [9.17, 15) is 9.59 Å². The number of anilines is 2. The number of thiazole rings is 1. The van der Waals surface area contributed by atoms with Crippen molar-refractivity contribution in [1.82, 2.24) is 9.88 Å². The van der Waals surface area contributed by atoms with Crippen LogP contribution in [0.15, 0.2) is 28.5 Å². The molecule has 6 nitrogen and oxygen atoms in total. The average molecular weight is 417 g/mol. The van der Waals surface area contributed by atoms with Crippen LogP contribution in [0.4, 0.5) is 10.8 Å². The summed E-state index contributed by atoms with van der Waals surface area (Å²) in [6, 6.07) is 5.40. The molecule has 1 aromatic heterocycles. The molecule has 0 saturated carbocycles. The number of carbonyl (C=O) groups excluding carboxylic acids is 2. The zero-order valence-electron chi connectivity index (χ0n) is 16.0. The summed E-state index contributed by atoms with van der Waals surface area (Å²) in [4.78, 5) is 32.5. The fourth-order valence-corrected chi connectivity index (χ4v) is 5.24. The molecule has 2 unspecified atom stereocenters. The number of piperidine rings is 1. The predicted octanol–water partition coefficient (Wildman–Crippen LogP) is 4.06. The van der Waals surface area contributed by atoms with Crippen LogP contribution in [0.25, 0.3) is 0 Å². The van der Waals surface area contributed by atoms with Crippen molar-refractivity contribution in [3.8, 4) is 0 Å². The lowest BCUT2D eigenvalue weighted by Gasteiger charge is -2.30. The second kappa shape index (κ2) is 8.23. The van der Waals surface area contributed by atoms with Crippen molar-refractivity contribution >= 4 is 45.7 Å². The Kier molecular flexibility index (Phi) is 5.70. The second-order valence-electron chi connectivity index (χ2n) is 7.54. The van der Waals surface area contributed by atoms with Crippen molar-refractivity contribution < 1.29 is 9.59 Å². The number of hydrogen-bond acceptors (Lipinski definition) is 6. The van der Waals surface area contributed by atoms with Crippen molar-refractivity contribution in [3.63, 3.8) is 0 Å². The summed E-state index contributed by atoms with van der Waals surface area (Å²) >= 11 is 2.95. The van der Waals surface area contributed by atoms with Gasteiger partial charge in [0.15, 0.2) is 5.13 Å². The molecule has 0 spiro atoms. The van der Waals surface area contributed by atoms with Crippen LogP contribution < -0.4 is 10.6 Å². The highest BCUT2D eigenvalue weighted by atomic mass is 32.2. The number of amides is 2. The molecule has 0 bridgehead atoms. The highest BCUT2D eigenvalue weighted by Gasteiger charge is 2.24. The van der Waals surface area contributed by atoms with Crippen LogP contribution in [0.3, 0.4) is 0 Å². The normalized spacial score (nSPS) is 22.4. The molecule has 2 aliphatic rings. The van der Waals surface area contributed by atoms with Crippen LogP contribution >= 0.6 is 23.1 Å². The quantitative estimate of drug-likeness (QED) is 0.786. The maximum Gasteiger partial charge on any atom is 0.257 e. The van der Waals surface area contributed by atoms with Gasteiger partial charge in [-0.15, -0.1) is 23.1 Å². The Balaban J connectivity index is 1.40. The maximum atomic E-state index is 12.6. The van der Waals surface area contributed by atoms with Crippen LogP contribution in [-0.4, -0.2) is 40.0 Å². The van der Waals surface area contributed by atoms with Crippen molar-refractivity contribution in [3.05, 3.63) is 34.8 Å². The summed E-state index contributed by atoms with van der Waals surface area (Å²) in [5.74, 6) is 0.483. The van der Waals surface area contributed by atoms with Gasteiger partial charge in [0.1, 0.15) is 0 Å². The molecule has 2 N–H and O–H groups in total. The Morgan fingerprint density at radius 2 is 2.25 bits per heavy atom. The first-order valence-electron chi connectivity index (χ1n) is 9.57. The second-order valence-corrected chi connectivity index (χ2v) is 9.78. The topological polar surface area (TPSA) is 74.3 Å². The number of hydrogen-bond donors (Lipinski definition) is 2. The number of thioether (sulfide) groups is 1. The van der Waals surface area contributed by atoms with E-state index in [1.54, 1.807) is 12.1 Å². The van der Waals surface area contributed by atoms with E-state index in [1.807, 2.05) is 18.4 Å². The molecule has 0 radical (unpaired) electrons. The van der Waals surface area contributed by atoms with Gasteiger partial charge in [0.2, 0.25) is 5.91 Å². The molecule has 2 amide bonds. The number of benzene rings is 1. The van der Waals surface area contributed by atoms with E-state index in [0.717, 1.165) is 36.1 Å². The van der Waals surface area contributed by atoms with Crippen LogP contribution in [0.5, 0.6) is 0 Å². The largest absolute Gasteiger partial charge is 0.324 e. The van der Waals surface area contributed by atoms with E-state index in [4.69, 9.17) is 0 Å². The van der Waals surface area contributed by atoms with Gasteiger partial charge in [-0.2, -0.15) is 0 Å². The number of carbonyl (C=O) groups is 2. The van der Waals surface area contributed by atoms with Crippen LogP contribution in [0.2, 0.25) is 0 Å². The van der Waals surface area contributed by atoms with Gasteiger partial charge in [-0.25, -0.2) is 4.98 Å². The Morgan fingerprint density at radius 1 is 1.39 bits per heavy atom. The lowest BCUT2D eigenvalue weighted by Crippen LogP contribution is -2.33. The molecular weight excluding hydrogens is 392 g/mol. The molecule has 2 aromatic rings. The first-order valence-corrected chi connectivity index (χ1v) is 11.3. The van der Waals surface area contributed by atoms with Crippen LogP contribution in [0, 0.1) is 5.92 Å². The van der Waals surface area contributed by atoms with E-state index >= 15 is 0 Å². The van der Waals surface area contributed by atoms with Crippen LogP contribution in [-0.2, 0) is 11.3 Å².